The van der Waals surface area contributed by atoms with Gasteiger partial charge in [-0.15, -0.1) is 0 Å². The smallest absolute Gasteiger partial charge is 0.354 e. The van der Waals surface area contributed by atoms with E-state index in [2.05, 4.69) is 10.5 Å². The molecule has 0 saturated heterocycles. The molecule has 0 aliphatic rings. The van der Waals surface area contributed by atoms with Crippen LogP contribution in [0.3, 0.4) is 0 Å². The van der Waals surface area contributed by atoms with Crippen LogP contribution in [0.4, 0.5) is 0 Å². The maximum absolute atomic E-state index is 12.4. The molecule has 0 radical (unpaired) electrons. The molecule has 29 heavy (non-hydrogen) atoms. The topological polar surface area (TPSA) is 84.8 Å². The molecule has 2 aromatic carbocycles. The van der Waals surface area contributed by atoms with Crippen molar-refractivity contribution in [1.29, 1.82) is 0 Å². The highest BCUT2D eigenvalue weighted by molar-refractivity contribution is 6.40. The first-order valence-corrected chi connectivity index (χ1v) is 9.45. The van der Waals surface area contributed by atoms with Crippen LogP contribution in [0.1, 0.15) is 44.5 Å². The average molecular weight is 394 g/mol. The van der Waals surface area contributed by atoms with Crippen molar-refractivity contribution in [3.8, 4) is 11.1 Å². The summed E-state index contributed by atoms with van der Waals surface area (Å²) in [5, 5.41) is 3.87. The molecule has 0 atom stereocenters. The Kier molecular flexibility index (Phi) is 7.42. The molecule has 0 saturated carbocycles. The van der Waals surface area contributed by atoms with Crippen LogP contribution < -0.4 is 5.43 Å². The molecular formula is C23H26N2O4. The normalized spacial score (nSPS) is 11.7. The summed E-state index contributed by atoms with van der Waals surface area (Å²) < 4.78 is 4.95. The van der Waals surface area contributed by atoms with Crippen molar-refractivity contribution < 1.29 is 19.1 Å². The second-order valence-electron chi connectivity index (χ2n) is 7.51. The van der Waals surface area contributed by atoms with E-state index in [-0.39, 0.29) is 24.5 Å². The molecule has 0 aliphatic carbocycles. The summed E-state index contributed by atoms with van der Waals surface area (Å²) in [6, 6.07) is 16.8. The van der Waals surface area contributed by atoms with Gasteiger partial charge in [0.2, 0.25) is 0 Å². The Bertz CT molecular complexity index is 895. The fraction of sp³-hybridized carbons (Fsp3) is 0.304. The van der Waals surface area contributed by atoms with Crippen LogP contribution in [0.5, 0.6) is 0 Å². The number of carbonyl (C=O) groups excluding carboxylic acids is 3. The molecular weight excluding hydrogens is 368 g/mol. The van der Waals surface area contributed by atoms with E-state index in [1.54, 1.807) is 39.8 Å². The molecule has 2 rings (SSSR count). The van der Waals surface area contributed by atoms with E-state index in [0.717, 1.165) is 11.1 Å². The van der Waals surface area contributed by atoms with Crippen LogP contribution in [0.25, 0.3) is 11.1 Å². The van der Waals surface area contributed by atoms with Crippen LogP contribution in [0.15, 0.2) is 59.7 Å². The lowest BCUT2D eigenvalue weighted by Gasteiger charge is -2.16. The summed E-state index contributed by atoms with van der Waals surface area (Å²) in [5.41, 5.74) is 4.00. The molecule has 0 aliphatic heterocycles. The van der Waals surface area contributed by atoms with Crippen LogP contribution in [-0.2, 0) is 14.3 Å². The first-order chi connectivity index (χ1) is 13.7. The third-order valence-electron chi connectivity index (χ3n) is 4.22. The van der Waals surface area contributed by atoms with Gasteiger partial charge in [0.15, 0.2) is 5.71 Å². The second kappa shape index (κ2) is 9.78. The molecule has 0 bridgehead atoms. The minimum absolute atomic E-state index is 0.124. The van der Waals surface area contributed by atoms with E-state index < -0.39 is 17.3 Å². The number of nitrogens with zero attached hydrogens (tertiary/aromatic N) is 1. The molecule has 0 aromatic heterocycles. The van der Waals surface area contributed by atoms with Gasteiger partial charge in [0, 0.05) is 11.0 Å². The lowest BCUT2D eigenvalue weighted by molar-refractivity contribution is -0.136. The number of hydrogen-bond acceptors (Lipinski definition) is 5. The Morgan fingerprint density at radius 1 is 0.931 bits per heavy atom. The van der Waals surface area contributed by atoms with E-state index >= 15 is 0 Å². The standard InChI is InChI=1S/C23H26N2O4/c1-5-29-22(28)19(15-20(26)23(2,3)4)24-25-21(27)18-13-11-17(12-14-18)16-9-7-6-8-10-16/h6-14H,5,15H2,1-4H3,(H,25,27)/b24-19+. The Morgan fingerprint density at radius 3 is 2.07 bits per heavy atom. The first-order valence-electron chi connectivity index (χ1n) is 9.45. The van der Waals surface area contributed by atoms with Gasteiger partial charge < -0.3 is 4.74 Å². The van der Waals surface area contributed by atoms with Crippen LogP contribution >= 0.6 is 0 Å². The zero-order valence-electron chi connectivity index (χ0n) is 17.2. The predicted octanol–water partition coefficient (Wildman–Crippen LogP) is 4.01. The van der Waals surface area contributed by atoms with Gasteiger partial charge in [0.25, 0.3) is 5.91 Å². The van der Waals surface area contributed by atoms with Crippen molar-refractivity contribution in [2.24, 2.45) is 10.5 Å². The molecule has 152 valence electrons. The summed E-state index contributed by atoms with van der Waals surface area (Å²) in [6.07, 6.45) is -0.213. The molecule has 0 unspecified atom stereocenters. The minimum Gasteiger partial charge on any atom is -0.461 e. The van der Waals surface area contributed by atoms with Gasteiger partial charge in [-0.3, -0.25) is 9.59 Å². The van der Waals surface area contributed by atoms with E-state index in [9.17, 15) is 14.4 Å². The maximum atomic E-state index is 12.4. The van der Waals surface area contributed by atoms with E-state index in [1.165, 1.54) is 0 Å². The Hall–Kier alpha value is -3.28. The van der Waals surface area contributed by atoms with Crippen molar-refractivity contribution in [1.82, 2.24) is 5.43 Å². The zero-order chi connectivity index (χ0) is 21.4. The van der Waals surface area contributed by atoms with Gasteiger partial charge in [0.05, 0.1) is 13.0 Å². The average Bonchev–Trinajstić information content (AvgIpc) is 2.70. The highest BCUT2D eigenvalue weighted by atomic mass is 16.5. The van der Waals surface area contributed by atoms with Crippen molar-refractivity contribution in [3.63, 3.8) is 0 Å². The second-order valence-corrected chi connectivity index (χ2v) is 7.51. The molecule has 6 nitrogen and oxygen atoms in total. The van der Waals surface area contributed by atoms with E-state index in [0.29, 0.717) is 5.56 Å². The Balaban J connectivity index is 2.13. The summed E-state index contributed by atoms with van der Waals surface area (Å²) in [7, 11) is 0. The maximum Gasteiger partial charge on any atom is 0.354 e. The predicted molar refractivity (Wildman–Crippen MR) is 112 cm³/mol. The number of benzene rings is 2. The number of Topliss-reactive ketones (excluding diaryl/α,β-unsaturated/α-hetero) is 1. The highest BCUT2D eigenvalue weighted by Gasteiger charge is 2.26. The van der Waals surface area contributed by atoms with E-state index in [4.69, 9.17) is 4.74 Å². The Morgan fingerprint density at radius 2 is 1.52 bits per heavy atom. The number of carbonyl (C=O) groups is 3. The first kappa shape index (κ1) is 22.0. The third-order valence-corrected chi connectivity index (χ3v) is 4.22. The van der Waals surface area contributed by atoms with Crippen LogP contribution in [0, 0.1) is 5.41 Å². The lowest BCUT2D eigenvalue weighted by atomic mass is 9.88. The number of ether oxygens (including phenoxy) is 1. The number of rotatable bonds is 7. The number of nitrogens with one attached hydrogen (secondary N) is 1. The number of esters is 1. The minimum atomic E-state index is -0.718. The monoisotopic (exact) mass is 394 g/mol. The SMILES string of the molecule is CCOC(=O)/C(CC(=O)C(C)(C)C)=N/NC(=O)c1ccc(-c2ccccc2)cc1. The summed E-state index contributed by atoms with van der Waals surface area (Å²) in [5.74, 6) is -1.37. The van der Waals surface area contributed by atoms with E-state index in [1.807, 2.05) is 42.5 Å². The number of amides is 1. The van der Waals surface area contributed by atoms with Gasteiger partial charge in [-0.25, -0.2) is 10.2 Å². The zero-order valence-corrected chi connectivity index (χ0v) is 17.2. The molecule has 1 N–H and O–H groups in total. The number of ketones is 1. The van der Waals surface area contributed by atoms with Crippen LogP contribution in [-0.4, -0.2) is 30.0 Å². The molecule has 0 spiro atoms. The van der Waals surface area contributed by atoms with Crippen molar-refractivity contribution in [2.45, 2.75) is 34.1 Å². The van der Waals surface area contributed by atoms with Crippen molar-refractivity contribution in [2.75, 3.05) is 6.61 Å². The van der Waals surface area contributed by atoms with Gasteiger partial charge in [-0.05, 0) is 30.2 Å². The van der Waals surface area contributed by atoms with Gasteiger partial charge in [-0.2, -0.15) is 5.10 Å². The van der Waals surface area contributed by atoms with Gasteiger partial charge >= 0.3 is 5.97 Å². The summed E-state index contributed by atoms with van der Waals surface area (Å²) in [4.78, 5) is 36.8. The Labute approximate surface area is 171 Å². The van der Waals surface area contributed by atoms with Crippen molar-refractivity contribution in [3.05, 3.63) is 60.2 Å². The highest BCUT2D eigenvalue weighted by Crippen LogP contribution is 2.19. The summed E-state index contributed by atoms with van der Waals surface area (Å²) in [6.45, 7) is 7.07. The molecule has 6 heteroatoms. The third kappa shape index (κ3) is 6.38. The molecule has 0 heterocycles. The van der Waals surface area contributed by atoms with Gasteiger partial charge in [-0.1, -0.05) is 63.2 Å². The number of hydrogen-bond donors (Lipinski definition) is 1. The fourth-order valence-corrected chi connectivity index (χ4v) is 2.42. The fourth-order valence-electron chi connectivity index (χ4n) is 2.42. The van der Waals surface area contributed by atoms with Gasteiger partial charge in [0.1, 0.15) is 5.78 Å². The molecule has 1 amide bonds. The quantitative estimate of drug-likeness (QED) is 0.437. The number of hydrazone groups is 1. The summed E-state index contributed by atoms with van der Waals surface area (Å²) >= 11 is 0. The molecule has 0 fully saturated rings. The molecule has 2 aromatic rings. The lowest BCUT2D eigenvalue weighted by Crippen LogP contribution is -2.30. The van der Waals surface area contributed by atoms with Crippen molar-refractivity contribution >= 4 is 23.4 Å². The van der Waals surface area contributed by atoms with Crippen LogP contribution in [0.2, 0.25) is 0 Å². The largest absolute Gasteiger partial charge is 0.461 e.